The van der Waals surface area contributed by atoms with Gasteiger partial charge < -0.3 is 0 Å². The van der Waals surface area contributed by atoms with Gasteiger partial charge in [0.05, 0.1) is 0 Å². The maximum Gasteiger partial charge on any atom is 0.164 e. The molecule has 16 aromatic rings. The van der Waals surface area contributed by atoms with E-state index < -0.39 is 0 Å². The molecule has 0 aliphatic carbocycles. The van der Waals surface area contributed by atoms with Crippen molar-refractivity contribution in [3.8, 4) is 137 Å². The Morgan fingerprint density at radius 3 is 0.514 bits per heavy atom. The van der Waals surface area contributed by atoms with E-state index in [1.54, 1.807) is 0 Å². The van der Waals surface area contributed by atoms with Gasteiger partial charge in [-0.3, -0.25) is 0 Å². The first kappa shape index (κ1) is 106. The van der Waals surface area contributed by atoms with E-state index in [4.69, 9.17) is 59.8 Å². The van der Waals surface area contributed by atoms with Gasteiger partial charge in [-0.05, 0) is 319 Å². The molecule has 0 spiro atoms. The lowest BCUT2D eigenvalue weighted by atomic mass is 9.72. The van der Waals surface area contributed by atoms with Crippen molar-refractivity contribution in [2.75, 3.05) is 0 Å². The van der Waals surface area contributed by atoms with Crippen LogP contribution in [0.2, 0.25) is 0 Å². The van der Waals surface area contributed by atoms with E-state index in [0.717, 1.165) is 103 Å². The number of rotatable bonds is 30. The Hall–Kier alpha value is -13.3. The number of aromatic nitrogens is 12. The van der Waals surface area contributed by atoms with Crippen molar-refractivity contribution in [3.63, 3.8) is 0 Å². The quantitative estimate of drug-likeness (QED) is 0.0394. The predicted octanol–water partition coefficient (Wildman–Crippen LogP) is 35.0. The molecule has 142 heavy (non-hydrogen) atoms. The molecule has 0 saturated carbocycles. The van der Waals surface area contributed by atoms with Gasteiger partial charge in [-0.2, -0.15) is 0 Å². The summed E-state index contributed by atoms with van der Waals surface area (Å²) >= 11 is 0. The standard InChI is InChI=1S/C37H47N3.C33H39N3.C31H35N3.C29H31N3/c1-6-7-8-9-10-11-12-13-14-15-16-31-19-23-32(24-20-31)35-38-36(33-21-17-27(2)29(4)25-33)40-37(39-35)34-22-18-28(3)30(5)26-34;1-21-10-12-26(18-23(21)3)30-34-29(35-31(36-30)27-13-11-22(2)24(4)19-27)25-14-16-28(17-15-25)33(8,9)20-32(5,6)7;1-6-7-8-9-10-25-13-17-26(18-14-25)29-32-30(27-15-11-21(2)23(4)19-27)34-31(33-29)28-16-12-22(3)24(5)20-28;1-18-8-10-23(16-20(18)3)27-30-26(22-12-14-25(15-13-22)29(5,6)7)31-28(32-27)24-11-9-19(2)21(4)17-24/h17-26H,6-16H2,1-5H3;10-19H,20H2,1-9H3;11-20H,6-10H2,1-5H3;8-17H,1-7H3. The highest BCUT2D eigenvalue weighted by molar-refractivity contribution is 5.74. The van der Waals surface area contributed by atoms with Gasteiger partial charge in [0.25, 0.3) is 0 Å². The van der Waals surface area contributed by atoms with Crippen molar-refractivity contribution < 1.29 is 0 Å². The number of benzene rings is 12. The predicted molar refractivity (Wildman–Crippen MR) is 600 cm³/mol. The summed E-state index contributed by atoms with van der Waals surface area (Å²) in [6.45, 7) is 56.8. The summed E-state index contributed by atoms with van der Waals surface area (Å²) in [5, 5.41) is 0. The van der Waals surface area contributed by atoms with Crippen LogP contribution in [-0.4, -0.2) is 59.8 Å². The first-order valence-electron chi connectivity index (χ1n) is 51.9. The van der Waals surface area contributed by atoms with E-state index in [9.17, 15) is 0 Å². The van der Waals surface area contributed by atoms with Crippen molar-refractivity contribution in [1.82, 2.24) is 59.8 Å². The molecule has 12 nitrogen and oxygen atoms in total. The van der Waals surface area contributed by atoms with Crippen LogP contribution >= 0.6 is 0 Å². The second-order valence-corrected chi connectivity index (χ2v) is 42.8. The van der Waals surface area contributed by atoms with Crippen LogP contribution < -0.4 is 0 Å². The van der Waals surface area contributed by atoms with Crippen molar-refractivity contribution in [1.29, 1.82) is 0 Å². The molecule has 0 radical (unpaired) electrons. The molecule has 4 aromatic heterocycles. The van der Waals surface area contributed by atoms with Crippen molar-refractivity contribution in [2.24, 2.45) is 5.41 Å². The van der Waals surface area contributed by atoms with Gasteiger partial charge in [0.1, 0.15) is 0 Å². The molecule has 0 amide bonds. The topological polar surface area (TPSA) is 155 Å². The highest BCUT2D eigenvalue weighted by Gasteiger charge is 2.29. The summed E-state index contributed by atoms with van der Waals surface area (Å²) < 4.78 is 0. The van der Waals surface area contributed by atoms with Gasteiger partial charge in [-0.25, -0.2) is 59.8 Å². The summed E-state index contributed by atoms with van der Waals surface area (Å²) in [4.78, 5) is 58.9. The molecular weight excluding hydrogens is 1730 g/mol. The average molecular weight is 1880 g/mol. The van der Waals surface area contributed by atoms with Crippen LogP contribution in [0.15, 0.2) is 243 Å². The van der Waals surface area contributed by atoms with Gasteiger partial charge in [0.2, 0.25) is 0 Å². The summed E-state index contributed by atoms with van der Waals surface area (Å²) in [6.07, 6.45) is 22.2. The molecule has 0 unspecified atom stereocenters. The zero-order chi connectivity index (χ0) is 102. The minimum atomic E-state index is 0.0883. The van der Waals surface area contributed by atoms with Crippen LogP contribution in [-0.2, 0) is 23.7 Å². The average Bonchev–Trinajstić information content (AvgIpc) is 0.797. The summed E-state index contributed by atoms with van der Waals surface area (Å²) in [7, 11) is 0. The van der Waals surface area contributed by atoms with Crippen molar-refractivity contribution in [2.45, 2.75) is 300 Å². The minimum absolute atomic E-state index is 0.0883. The SMILES string of the molecule is CCCCCCCCCCCCc1ccc(-c2nc(-c3ccc(C)c(C)c3)nc(-c3ccc(C)c(C)c3)n2)cc1.CCCCCCc1ccc(-c2nc(-c3ccc(C)c(C)c3)nc(-c3ccc(C)c(C)c3)n2)cc1.Cc1ccc(-c2nc(-c3ccc(C(C)(C)C)cc3)nc(-c3ccc(C)c(C)c3)n2)cc1C.Cc1ccc(-c2nc(-c3ccc(C(C)(C)CC(C)(C)C)cc3)nc(-c3ccc(C)c(C)c3)n2)cc1C. The third kappa shape index (κ3) is 29.0. The fraction of sp³-hybridized carbons (Fsp3) is 0.354. The van der Waals surface area contributed by atoms with E-state index >= 15 is 0 Å². The van der Waals surface area contributed by atoms with Crippen LogP contribution in [0.4, 0.5) is 0 Å². The molecule has 732 valence electrons. The Kier molecular flexibility index (Phi) is 36.2. The lowest BCUT2D eigenvalue weighted by Gasteiger charge is -2.33. The highest BCUT2D eigenvalue weighted by atomic mass is 15.1. The maximum absolute atomic E-state index is 4.94. The number of hydrogen-bond acceptors (Lipinski definition) is 12. The van der Waals surface area contributed by atoms with Crippen LogP contribution in [0.25, 0.3) is 137 Å². The Morgan fingerprint density at radius 2 is 0.331 bits per heavy atom. The van der Waals surface area contributed by atoms with Crippen LogP contribution in [0, 0.1) is 116 Å². The fourth-order valence-corrected chi connectivity index (χ4v) is 17.9. The molecule has 16 rings (SSSR count). The molecule has 0 atom stereocenters. The van der Waals surface area contributed by atoms with Crippen LogP contribution in [0.3, 0.4) is 0 Å². The first-order chi connectivity index (χ1) is 67.8. The van der Waals surface area contributed by atoms with E-state index in [1.165, 1.54) is 201 Å². The number of unbranched alkanes of at least 4 members (excludes halogenated alkanes) is 12. The first-order valence-corrected chi connectivity index (χ1v) is 51.9. The van der Waals surface area contributed by atoms with Crippen LogP contribution in [0.5, 0.6) is 0 Å². The van der Waals surface area contributed by atoms with Gasteiger partial charge in [-0.15, -0.1) is 0 Å². The normalized spacial score (nSPS) is 11.5. The lowest BCUT2D eigenvalue weighted by Crippen LogP contribution is -2.24. The molecule has 0 fully saturated rings. The Labute approximate surface area is 850 Å². The largest absolute Gasteiger partial charge is 0.208 e. The van der Waals surface area contributed by atoms with Crippen molar-refractivity contribution >= 4 is 0 Å². The minimum Gasteiger partial charge on any atom is -0.208 e. The van der Waals surface area contributed by atoms with Gasteiger partial charge >= 0.3 is 0 Å². The number of nitrogens with zero attached hydrogens (tertiary/aromatic N) is 12. The molecule has 0 aliphatic rings. The smallest absolute Gasteiger partial charge is 0.164 e. The molecule has 0 saturated heterocycles. The van der Waals surface area contributed by atoms with Gasteiger partial charge in [0, 0.05) is 66.8 Å². The zero-order valence-electron chi connectivity index (χ0n) is 90.0. The summed E-state index contributed by atoms with van der Waals surface area (Å²) in [5.74, 6) is 8.50. The monoisotopic (exact) mass is 1880 g/mol. The number of aryl methyl sites for hydroxylation is 18. The van der Waals surface area contributed by atoms with Gasteiger partial charge in [0.15, 0.2) is 69.9 Å². The van der Waals surface area contributed by atoms with Gasteiger partial charge in [-0.1, -0.05) is 340 Å². The molecule has 12 heteroatoms. The molecular formula is C130H152N12. The second-order valence-electron chi connectivity index (χ2n) is 42.8. The third-order valence-electron chi connectivity index (χ3n) is 28.1. The Balaban J connectivity index is 0.000000160. The van der Waals surface area contributed by atoms with Crippen molar-refractivity contribution in [3.05, 3.63) is 354 Å². The Morgan fingerprint density at radius 1 is 0.169 bits per heavy atom. The highest BCUT2D eigenvalue weighted by Crippen LogP contribution is 2.40. The van der Waals surface area contributed by atoms with E-state index in [2.05, 4.69) is 423 Å². The molecule has 0 aliphatic heterocycles. The third-order valence-corrected chi connectivity index (χ3v) is 28.1. The van der Waals surface area contributed by atoms with E-state index in [-0.39, 0.29) is 16.2 Å². The van der Waals surface area contributed by atoms with Crippen LogP contribution in [0.1, 0.15) is 277 Å². The maximum atomic E-state index is 4.94. The second kappa shape index (κ2) is 48.4. The molecule has 12 aromatic carbocycles. The molecule has 0 bridgehead atoms. The number of hydrogen-bond donors (Lipinski definition) is 0. The zero-order valence-corrected chi connectivity index (χ0v) is 90.0. The Bertz CT molecular complexity index is 6710. The summed E-state index contributed by atoms with van der Waals surface area (Å²) in [6, 6.07) is 86.2. The molecule has 0 N–H and O–H groups in total. The molecule has 4 heterocycles. The fourth-order valence-electron chi connectivity index (χ4n) is 17.9. The van der Waals surface area contributed by atoms with E-state index in [1.807, 2.05) is 0 Å². The van der Waals surface area contributed by atoms with E-state index in [0.29, 0.717) is 52.4 Å². The summed E-state index contributed by atoms with van der Waals surface area (Å²) in [5.41, 5.74) is 38.0. The lowest BCUT2D eigenvalue weighted by molar-refractivity contribution is 0.284.